The summed E-state index contributed by atoms with van der Waals surface area (Å²) in [4.78, 5) is 0.109. The van der Waals surface area contributed by atoms with E-state index in [2.05, 4.69) is 20.7 Å². The summed E-state index contributed by atoms with van der Waals surface area (Å²) in [6.07, 6.45) is 0. The average Bonchev–Trinajstić information content (AvgIpc) is 2.38. The third kappa shape index (κ3) is 3.27. The van der Waals surface area contributed by atoms with Gasteiger partial charge in [-0.2, -0.15) is 0 Å². The first-order chi connectivity index (χ1) is 9.03. The number of halogens is 1. The van der Waals surface area contributed by atoms with E-state index in [1.54, 1.807) is 36.4 Å². The first-order valence-corrected chi connectivity index (χ1v) is 7.72. The molecule has 0 saturated heterocycles. The Kier molecular flexibility index (Phi) is 4.11. The molecular formula is C13H12BrNO3S. The lowest BCUT2D eigenvalue weighted by Crippen LogP contribution is -2.13. The van der Waals surface area contributed by atoms with Crippen molar-refractivity contribution in [2.45, 2.75) is 4.90 Å². The maximum atomic E-state index is 12.3. The molecule has 19 heavy (non-hydrogen) atoms. The summed E-state index contributed by atoms with van der Waals surface area (Å²) in [6, 6.07) is 13.4. The number of sulfonamides is 1. The molecule has 0 saturated carbocycles. The molecule has 0 aliphatic rings. The molecule has 0 amide bonds. The van der Waals surface area contributed by atoms with E-state index < -0.39 is 10.0 Å². The third-order valence-electron chi connectivity index (χ3n) is 2.44. The van der Waals surface area contributed by atoms with Crippen molar-refractivity contribution in [3.05, 3.63) is 53.0 Å². The van der Waals surface area contributed by atoms with E-state index in [1.807, 2.05) is 6.07 Å². The van der Waals surface area contributed by atoms with Crippen molar-refractivity contribution in [1.29, 1.82) is 0 Å². The number of benzene rings is 2. The van der Waals surface area contributed by atoms with Crippen molar-refractivity contribution in [3.63, 3.8) is 0 Å². The van der Waals surface area contributed by atoms with Gasteiger partial charge in [-0.05, 0) is 30.3 Å². The highest BCUT2D eigenvalue weighted by atomic mass is 79.9. The second-order valence-corrected chi connectivity index (χ2v) is 6.33. The number of hydrogen-bond donors (Lipinski definition) is 1. The zero-order valence-corrected chi connectivity index (χ0v) is 12.5. The summed E-state index contributed by atoms with van der Waals surface area (Å²) in [5.74, 6) is 0.310. The SMILES string of the molecule is COc1ccccc1S(=O)(=O)Nc1cccc(Br)c1. The molecule has 0 radical (unpaired) electrons. The Balaban J connectivity index is 2.38. The van der Waals surface area contributed by atoms with Crippen LogP contribution in [-0.2, 0) is 10.0 Å². The highest BCUT2D eigenvalue weighted by molar-refractivity contribution is 9.10. The van der Waals surface area contributed by atoms with Gasteiger partial charge in [-0.25, -0.2) is 8.42 Å². The number of methoxy groups -OCH3 is 1. The Morgan fingerprint density at radius 1 is 1.11 bits per heavy atom. The first kappa shape index (κ1) is 13.9. The maximum absolute atomic E-state index is 12.3. The van der Waals surface area contributed by atoms with Crippen molar-refractivity contribution < 1.29 is 13.2 Å². The molecule has 0 aliphatic carbocycles. The minimum Gasteiger partial charge on any atom is -0.495 e. The summed E-state index contributed by atoms with van der Waals surface area (Å²) in [7, 11) is -2.23. The lowest BCUT2D eigenvalue weighted by Gasteiger charge is -2.11. The van der Waals surface area contributed by atoms with Crippen LogP contribution in [0.15, 0.2) is 57.9 Å². The van der Waals surface area contributed by atoms with Gasteiger partial charge in [-0.1, -0.05) is 34.1 Å². The van der Waals surface area contributed by atoms with Crippen LogP contribution >= 0.6 is 15.9 Å². The summed E-state index contributed by atoms with van der Waals surface area (Å²) in [5, 5.41) is 0. The predicted molar refractivity (Wildman–Crippen MR) is 77.9 cm³/mol. The van der Waals surface area contributed by atoms with Crippen LogP contribution in [0.5, 0.6) is 5.75 Å². The summed E-state index contributed by atoms with van der Waals surface area (Å²) in [5.41, 5.74) is 0.486. The number of nitrogens with one attached hydrogen (secondary N) is 1. The van der Waals surface area contributed by atoms with Crippen LogP contribution in [0, 0.1) is 0 Å². The van der Waals surface area contributed by atoms with Gasteiger partial charge >= 0.3 is 0 Å². The minimum atomic E-state index is -3.67. The van der Waals surface area contributed by atoms with Crippen LogP contribution in [0.3, 0.4) is 0 Å². The van der Waals surface area contributed by atoms with Crippen molar-refractivity contribution in [2.24, 2.45) is 0 Å². The second kappa shape index (κ2) is 5.63. The molecule has 2 rings (SSSR count). The number of rotatable bonds is 4. The number of ether oxygens (including phenoxy) is 1. The molecule has 100 valence electrons. The van der Waals surface area contributed by atoms with Gasteiger partial charge in [0.15, 0.2) is 0 Å². The number of anilines is 1. The number of para-hydroxylation sites is 1. The molecule has 0 atom stereocenters. The van der Waals surface area contributed by atoms with E-state index in [-0.39, 0.29) is 4.90 Å². The summed E-state index contributed by atoms with van der Waals surface area (Å²) < 4.78 is 32.9. The maximum Gasteiger partial charge on any atom is 0.265 e. The fourth-order valence-electron chi connectivity index (χ4n) is 1.60. The minimum absolute atomic E-state index is 0.109. The molecule has 4 nitrogen and oxygen atoms in total. The smallest absolute Gasteiger partial charge is 0.265 e. The molecule has 0 unspecified atom stereocenters. The van der Waals surface area contributed by atoms with E-state index in [4.69, 9.17) is 4.74 Å². The number of hydrogen-bond acceptors (Lipinski definition) is 3. The average molecular weight is 342 g/mol. The second-order valence-electron chi connectivity index (χ2n) is 3.77. The molecule has 0 aliphatic heterocycles. The summed E-state index contributed by atoms with van der Waals surface area (Å²) in [6.45, 7) is 0. The van der Waals surface area contributed by atoms with Gasteiger partial charge in [0.1, 0.15) is 10.6 Å². The van der Waals surface area contributed by atoms with Crippen molar-refractivity contribution in [1.82, 2.24) is 0 Å². The lowest BCUT2D eigenvalue weighted by atomic mass is 10.3. The molecule has 0 aromatic heterocycles. The topological polar surface area (TPSA) is 55.4 Å². The standard InChI is InChI=1S/C13H12BrNO3S/c1-18-12-7-2-3-8-13(12)19(16,17)15-11-6-4-5-10(14)9-11/h2-9,15H,1H3. The van der Waals surface area contributed by atoms with Crippen LogP contribution in [-0.4, -0.2) is 15.5 Å². The molecule has 1 N–H and O–H groups in total. The zero-order chi connectivity index (χ0) is 13.9. The van der Waals surface area contributed by atoms with Gasteiger partial charge in [-0.3, -0.25) is 4.72 Å². The van der Waals surface area contributed by atoms with Crippen molar-refractivity contribution >= 4 is 31.6 Å². The molecule has 2 aromatic rings. The molecule has 0 heterocycles. The highest BCUT2D eigenvalue weighted by Crippen LogP contribution is 2.26. The fraction of sp³-hybridized carbons (Fsp3) is 0.0769. The van der Waals surface area contributed by atoms with Gasteiger partial charge < -0.3 is 4.74 Å². The van der Waals surface area contributed by atoms with E-state index in [1.165, 1.54) is 13.2 Å². The lowest BCUT2D eigenvalue weighted by molar-refractivity contribution is 0.403. The molecule has 0 fully saturated rings. The normalized spacial score (nSPS) is 11.1. The Morgan fingerprint density at radius 3 is 2.53 bits per heavy atom. The third-order valence-corrected chi connectivity index (χ3v) is 4.35. The van der Waals surface area contributed by atoms with E-state index >= 15 is 0 Å². The zero-order valence-electron chi connectivity index (χ0n) is 10.1. The fourth-order valence-corrected chi connectivity index (χ4v) is 3.22. The van der Waals surface area contributed by atoms with E-state index in [0.29, 0.717) is 11.4 Å². The molecular weight excluding hydrogens is 330 g/mol. The quantitative estimate of drug-likeness (QED) is 0.928. The Morgan fingerprint density at radius 2 is 1.84 bits per heavy atom. The first-order valence-electron chi connectivity index (χ1n) is 5.44. The van der Waals surface area contributed by atoms with Gasteiger partial charge in [0, 0.05) is 10.2 Å². The van der Waals surface area contributed by atoms with E-state index in [9.17, 15) is 8.42 Å². The Hall–Kier alpha value is -1.53. The van der Waals surface area contributed by atoms with Gasteiger partial charge in [0.25, 0.3) is 10.0 Å². The molecule has 0 bridgehead atoms. The van der Waals surface area contributed by atoms with Crippen molar-refractivity contribution in [3.8, 4) is 5.75 Å². The Labute approximate surface area is 120 Å². The van der Waals surface area contributed by atoms with Crippen LogP contribution in [0.4, 0.5) is 5.69 Å². The van der Waals surface area contributed by atoms with Gasteiger partial charge in [0.05, 0.1) is 7.11 Å². The van der Waals surface area contributed by atoms with Crippen LogP contribution in [0.1, 0.15) is 0 Å². The van der Waals surface area contributed by atoms with Crippen molar-refractivity contribution in [2.75, 3.05) is 11.8 Å². The largest absolute Gasteiger partial charge is 0.495 e. The van der Waals surface area contributed by atoms with Gasteiger partial charge in [-0.15, -0.1) is 0 Å². The van der Waals surface area contributed by atoms with Crippen LogP contribution in [0.2, 0.25) is 0 Å². The molecule has 6 heteroatoms. The van der Waals surface area contributed by atoms with Gasteiger partial charge in [0.2, 0.25) is 0 Å². The predicted octanol–water partition coefficient (Wildman–Crippen LogP) is 3.26. The molecule has 0 spiro atoms. The Bertz CT molecular complexity index is 686. The summed E-state index contributed by atoms with van der Waals surface area (Å²) >= 11 is 3.29. The van der Waals surface area contributed by atoms with Crippen LogP contribution in [0.25, 0.3) is 0 Å². The highest BCUT2D eigenvalue weighted by Gasteiger charge is 2.18. The monoisotopic (exact) mass is 341 g/mol. The molecule has 2 aromatic carbocycles. The van der Waals surface area contributed by atoms with Crippen LogP contribution < -0.4 is 9.46 Å². The van der Waals surface area contributed by atoms with E-state index in [0.717, 1.165) is 4.47 Å².